The molecule has 0 amide bonds. The number of anilines is 1. The van der Waals surface area contributed by atoms with Crippen LogP contribution in [0, 0.1) is 0 Å². The first-order chi connectivity index (χ1) is 9.67. The van der Waals surface area contributed by atoms with Gasteiger partial charge in [0.05, 0.1) is 13.4 Å². The monoisotopic (exact) mass is 280 g/mol. The predicted octanol–water partition coefficient (Wildman–Crippen LogP) is 1.26. The highest BCUT2D eigenvalue weighted by atomic mass is 16.5. The Balaban J connectivity index is 2.28. The molecule has 3 N–H and O–H groups in total. The van der Waals surface area contributed by atoms with Gasteiger partial charge < -0.3 is 20.4 Å². The molecule has 0 aliphatic heterocycles. The zero-order valence-electron chi connectivity index (χ0n) is 12.3. The summed E-state index contributed by atoms with van der Waals surface area (Å²) in [7, 11) is 1.51. The first kappa shape index (κ1) is 14.8. The van der Waals surface area contributed by atoms with Crippen molar-refractivity contribution >= 4 is 5.82 Å². The standard InChI is InChI=1S/C14H24N4O2/c1-3-8-18(11-6-4-10(15)5-7-11)13-12(20-2)14(19)17-9-16-13/h9-11H,3-8,15H2,1-2H3,(H,16,17,19). The molecule has 6 nitrogen and oxygen atoms in total. The van der Waals surface area contributed by atoms with Gasteiger partial charge in [-0.25, -0.2) is 4.98 Å². The number of nitrogens with zero attached hydrogens (tertiary/aromatic N) is 2. The summed E-state index contributed by atoms with van der Waals surface area (Å²) in [6, 6.07) is 0.696. The lowest BCUT2D eigenvalue weighted by molar-refractivity contribution is 0.364. The van der Waals surface area contributed by atoms with Gasteiger partial charge in [-0.2, -0.15) is 0 Å². The summed E-state index contributed by atoms with van der Waals surface area (Å²) in [5.74, 6) is 0.953. The molecule has 0 unspecified atom stereocenters. The van der Waals surface area contributed by atoms with Gasteiger partial charge in [-0.3, -0.25) is 4.79 Å². The fourth-order valence-electron chi connectivity index (χ4n) is 2.88. The first-order valence-corrected chi connectivity index (χ1v) is 7.31. The van der Waals surface area contributed by atoms with E-state index in [0.29, 0.717) is 23.7 Å². The topological polar surface area (TPSA) is 84.2 Å². The van der Waals surface area contributed by atoms with E-state index in [0.717, 1.165) is 38.6 Å². The summed E-state index contributed by atoms with van der Waals surface area (Å²) < 4.78 is 5.24. The molecule has 0 saturated heterocycles. The van der Waals surface area contributed by atoms with Crippen LogP contribution in [0.5, 0.6) is 5.75 Å². The third-order valence-corrected chi connectivity index (χ3v) is 3.91. The van der Waals surface area contributed by atoms with Crippen LogP contribution in [0.2, 0.25) is 0 Å². The lowest BCUT2D eigenvalue weighted by Crippen LogP contribution is -2.42. The molecule has 0 bridgehead atoms. The average molecular weight is 280 g/mol. The van der Waals surface area contributed by atoms with Gasteiger partial charge in [0.25, 0.3) is 5.56 Å². The zero-order chi connectivity index (χ0) is 14.5. The fraction of sp³-hybridized carbons (Fsp3) is 0.714. The minimum atomic E-state index is -0.230. The Hall–Kier alpha value is -1.56. The van der Waals surface area contributed by atoms with E-state index in [4.69, 9.17) is 10.5 Å². The van der Waals surface area contributed by atoms with Gasteiger partial charge in [0.1, 0.15) is 0 Å². The van der Waals surface area contributed by atoms with Crippen LogP contribution in [-0.2, 0) is 0 Å². The van der Waals surface area contributed by atoms with Gasteiger partial charge in [0.2, 0.25) is 5.75 Å². The molecule has 20 heavy (non-hydrogen) atoms. The summed E-state index contributed by atoms with van der Waals surface area (Å²) in [6.07, 6.45) is 6.57. The van der Waals surface area contributed by atoms with Crippen molar-refractivity contribution in [2.75, 3.05) is 18.6 Å². The van der Waals surface area contributed by atoms with Crippen LogP contribution < -0.4 is 20.9 Å². The minimum Gasteiger partial charge on any atom is -0.489 e. The van der Waals surface area contributed by atoms with Crippen LogP contribution in [0.15, 0.2) is 11.1 Å². The van der Waals surface area contributed by atoms with Gasteiger partial charge in [0.15, 0.2) is 5.82 Å². The Morgan fingerprint density at radius 3 is 2.75 bits per heavy atom. The second-order valence-corrected chi connectivity index (χ2v) is 5.35. The van der Waals surface area contributed by atoms with E-state index in [1.807, 2.05) is 0 Å². The molecule has 0 radical (unpaired) electrons. The Labute approximate surface area is 119 Å². The number of hydrogen-bond acceptors (Lipinski definition) is 5. The third kappa shape index (κ3) is 3.12. The van der Waals surface area contributed by atoms with E-state index < -0.39 is 0 Å². The first-order valence-electron chi connectivity index (χ1n) is 7.31. The summed E-state index contributed by atoms with van der Waals surface area (Å²) in [6.45, 7) is 2.99. The highest BCUT2D eigenvalue weighted by molar-refractivity contribution is 5.51. The van der Waals surface area contributed by atoms with Crippen molar-refractivity contribution in [2.45, 2.75) is 51.1 Å². The van der Waals surface area contributed by atoms with Gasteiger partial charge in [-0.15, -0.1) is 0 Å². The lowest BCUT2D eigenvalue weighted by atomic mass is 9.90. The number of nitrogens with two attached hydrogens (primary N) is 1. The second kappa shape index (κ2) is 6.74. The number of aromatic amines is 1. The number of nitrogens with one attached hydrogen (secondary N) is 1. The largest absolute Gasteiger partial charge is 0.489 e. The molecule has 1 saturated carbocycles. The number of rotatable bonds is 5. The van der Waals surface area contributed by atoms with Crippen molar-refractivity contribution in [3.05, 3.63) is 16.7 Å². The van der Waals surface area contributed by atoms with E-state index in [9.17, 15) is 4.79 Å². The molecular formula is C14H24N4O2. The molecule has 1 aliphatic rings. The van der Waals surface area contributed by atoms with Gasteiger partial charge in [-0.05, 0) is 32.1 Å². The average Bonchev–Trinajstić information content (AvgIpc) is 2.46. The highest BCUT2D eigenvalue weighted by Crippen LogP contribution is 2.29. The molecule has 1 aromatic heterocycles. The van der Waals surface area contributed by atoms with Crippen LogP contribution in [-0.4, -0.2) is 35.7 Å². The van der Waals surface area contributed by atoms with E-state index >= 15 is 0 Å². The van der Waals surface area contributed by atoms with E-state index in [2.05, 4.69) is 21.8 Å². The molecule has 0 atom stereocenters. The Morgan fingerprint density at radius 2 is 2.15 bits per heavy atom. The minimum absolute atomic E-state index is 0.230. The molecule has 1 heterocycles. The van der Waals surface area contributed by atoms with Crippen molar-refractivity contribution in [3.8, 4) is 5.75 Å². The van der Waals surface area contributed by atoms with Crippen LogP contribution >= 0.6 is 0 Å². The van der Waals surface area contributed by atoms with Gasteiger partial charge in [-0.1, -0.05) is 6.92 Å². The summed E-state index contributed by atoms with van der Waals surface area (Å²) in [5.41, 5.74) is 5.75. The van der Waals surface area contributed by atoms with Crippen molar-refractivity contribution < 1.29 is 4.74 Å². The number of methoxy groups -OCH3 is 1. The molecule has 6 heteroatoms. The van der Waals surface area contributed by atoms with E-state index in [1.54, 1.807) is 0 Å². The Kier molecular flexibility index (Phi) is 5.00. The van der Waals surface area contributed by atoms with Crippen LogP contribution in [0.25, 0.3) is 0 Å². The number of ether oxygens (including phenoxy) is 1. The van der Waals surface area contributed by atoms with Gasteiger partial charge in [0, 0.05) is 18.6 Å². The van der Waals surface area contributed by atoms with E-state index in [1.165, 1.54) is 13.4 Å². The summed E-state index contributed by atoms with van der Waals surface area (Å²) >= 11 is 0. The number of aromatic nitrogens is 2. The normalized spacial score (nSPS) is 22.6. The molecule has 1 aliphatic carbocycles. The quantitative estimate of drug-likeness (QED) is 0.848. The maximum absolute atomic E-state index is 11.8. The Bertz CT molecular complexity index is 480. The van der Waals surface area contributed by atoms with Crippen LogP contribution in [0.3, 0.4) is 0 Å². The molecule has 1 aromatic rings. The maximum atomic E-state index is 11.8. The van der Waals surface area contributed by atoms with Gasteiger partial charge >= 0.3 is 0 Å². The number of H-pyrrole nitrogens is 1. The SMILES string of the molecule is CCCN(c1nc[nH]c(=O)c1OC)C1CCC(N)CC1. The van der Waals surface area contributed by atoms with Crippen LogP contribution in [0.4, 0.5) is 5.82 Å². The highest BCUT2D eigenvalue weighted by Gasteiger charge is 2.27. The fourth-order valence-corrected chi connectivity index (χ4v) is 2.88. The summed E-state index contributed by atoms with van der Waals surface area (Å²) in [4.78, 5) is 21.0. The zero-order valence-corrected chi connectivity index (χ0v) is 12.3. The lowest BCUT2D eigenvalue weighted by Gasteiger charge is -2.37. The predicted molar refractivity (Wildman–Crippen MR) is 79.3 cm³/mol. The Morgan fingerprint density at radius 1 is 1.45 bits per heavy atom. The van der Waals surface area contributed by atoms with Crippen LogP contribution in [0.1, 0.15) is 39.0 Å². The second-order valence-electron chi connectivity index (χ2n) is 5.35. The molecule has 2 rings (SSSR count). The molecule has 112 valence electrons. The molecular weight excluding hydrogens is 256 g/mol. The smallest absolute Gasteiger partial charge is 0.295 e. The molecule has 0 spiro atoms. The molecule has 0 aromatic carbocycles. The molecule has 1 fully saturated rings. The third-order valence-electron chi connectivity index (χ3n) is 3.91. The van der Waals surface area contributed by atoms with E-state index in [-0.39, 0.29) is 5.56 Å². The van der Waals surface area contributed by atoms with Crippen molar-refractivity contribution in [1.29, 1.82) is 0 Å². The van der Waals surface area contributed by atoms with Crippen molar-refractivity contribution in [1.82, 2.24) is 9.97 Å². The van der Waals surface area contributed by atoms with Crippen molar-refractivity contribution in [2.24, 2.45) is 5.73 Å². The summed E-state index contributed by atoms with van der Waals surface area (Å²) in [5, 5.41) is 0. The maximum Gasteiger partial charge on any atom is 0.295 e. The number of hydrogen-bond donors (Lipinski definition) is 2. The van der Waals surface area contributed by atoms with Crippen molar-refractivity contribution in [3.63, 3.8) is 0 Å².